The summed E-state index contributed by atoms with van der Waals surface area (Å²) in [6.45, 7) is 8.36. The first kappa shape index (κ1) is 12.6. The summed E-state index contributed by atoms with van der Waals surface area (Å²) in [5, 5.41) is 0. The first-order valence-electron chi connectivity index (χ1n) is 6.31. The van der Waals surface area contributed by atoms with Crippen molar-refractivity contribution in [2.24, 2.45) is 0 Å². The van der Waals surface area contributed by atoms with Gasteiger partial charge in [0.05, 0.1) is 0 Å². The number of hydrogen-bond donors (Lipinski definition) is 0. The number of benzene rings is 1. The minimum absolute atomic E-state index is 0.0422. The zero-order chi connectivity index (χ0) is 13.3. The minimum atomic E-state index is 0.0422. The number of hydrogen-bond acceptors (Lipinski definition) is 1. The van der Waals surface area contributed by atoms with Gasteiger partial charge in [-0.05, 0) is 43.0 Å². The molecular formula is C16H19NO. The molecule has 0 unspecified atom stereocenters. The van der Waals surface area contributed by atoms with Crippen LogP contribution in [0.3, 0.4) is 0 Å². The quantitative estimate of drug-likeness (QED) is 0.787. The van der Waals surface area contributed by atoms with Crippen LogP contribution in [-0.4, -0.2) is 4.57 Å². The molecule has 1 heterocycles. The monoisotopic (exact) mass is 241 g/mol. The van der Waals surface area contributed by atoms with Crippen LogP contribution in [0.15, 0.2) is 41.2 Å². The van der Waals surface area contributed by atoms with Crippen LogP contribution in [0.2, 0.25) is 0 Å². The van der Waals surface area contributed by atoms with E-state index < -0.39 is 0 Å². The molecule has 2 nitrogen and oxygen atoms in total. The predicted molar refractivity (Wildman–Crippen MR) is 75.6 cm³/mol. The lowest BCUT2D eigenvalue weighted by molar-refractivity contribution is 0.796. The molecule has 2 heteroatoms. The van der Waals surface area contributed by atoms with Crippen LogP contribution in [0.4, 0.5) is 0 Å². The van der Waals surface area contributed by atoms with E-state index in [-0.39, 0.29) is 5.56 Å². The van der Waals surface area contributed by atoms with Crippen molar-refractivity contribution in [3.63, 3.8) is 0 Å². The van der Waals surface area contributed by atoms with Gasteiger partial charge in [-0.1, -0.05) is 32.0 Å². The van der Waals surface area contributed by atoms with Crippen molar-refractivity contribution in [3.8, 4) is 5.69 Å². The number of aromatic nitrogens is 1. The lowest BCUT2D eigenvalue weighted by atomic mass is 9.96. The average Bonchev–Trinajstić information content (AvgIpc) is 2.28. The van der Waals surface area contributed by atoms with Crippen LogP contribution < -0.4 is 5.56 Å². The number of aryl methyl sites for hydroxylation is 1. The van der Waals surface area contributed by atoms with E-state index in [0.29, 0.717) is 5.92 Å². The Labute approximate surface area is 108 Å². The van der Waals surface area contributed by atoms with Crippen LogP contribution in [0.5, 0.6) is 0 Å². The van der Waals surface area contributed by atoms with Gasteiger partial charge < -0.3 is 0 Å². The zero-order valence-electron chi connectivity index (χ0n) is 11.4. The van der Waals surface area contributed by atoms with Gasteiger partial charge in [0.1, 0.15) is 0 Å². The number of para-hydroxylation sites is 1. The van der Waals surface area contributed by atoms with Crippen molar-refractivity contribution in [2.45, 2.75) is 33.6 Å². The van der Waals surface area contributed by atoms with E-state index in [4.69, 9.17) is 0 Å². The standard InChI is InChI=1S/C16H19NO/c1-11(2)16-12(3)10-15(18)17(13(16)4)14-8-6-5-7-9-14/h5-11H,1-4H3. The van der Waals surface area contributed by atoms with Crippen molar-refractivity contribution in [1.82, 2.24) is 4.57 Å². The Kier molecular flexibility index (Phi) is 3.37. The average molecular weight is 241 g/mol. The lowest BCUT2D eigenvalue weighted by Gasteiger charge is -2.18. The van der Waals surface area contributed by atoms with Gasteiger partial charge in [-0.2, -0.15) is 0 Å². The van der Waals surface area contributed by atoms with Gasteiger partial charge in [0.2, 0.25) is 0 Å². The van der Waals surface area contributed by atoms with Crippen molar-refractivity contribution in [2.75, 3.05) is 0 Å². The molecule has 0 atom stereocenters. The highest BCUT2D eigenvalue weighted by atomic mass is 16.1. The van der Waals surface area contributed by atoms with Crippen LogP contribution in [0.25, 0.3) is 5.69 Å². The Morgan fingerprint density at radius 2 is 1.67 bits per heavy atom. The summed E-state index contributed by atoms with van der Waals surface area (Å²) in [7, 11) is 0. The van der Waals surface area contributed by atoms with Crippen molar-refractivity contribution >= 4 is 0 Å². The van der Waals surface area contributed by atoms with Gasteiger partial charge >= 0.3 is 0 Å². The summed E-state index contributed by atoms with van der Waals surface area (Å²) >= 11 is 0. The number of pyridine rings is 1. The molecule has 94 valence electrons. The first-order valence-corrected chi connectivity index (χ1v) is 6.31. The summed E-state index contributed by atoms with van der Waals surface area (Å²) in [6, 6.07) is 11.5. The molecule has 0 N–H and O–H groups in total. The van der Waals surface area contributed by atoms with Gasteiger partial charge in [0, 0.05) is 17.4 Å². The van der Waals surface area contributed by atoms with E-state index >= 15 is 0 Å². The van der Waals surface area contributed by atoms with Crippen LogP contribution >= 0.6 is 0 Å². The highest BCUT2D eigenvalue weighted by molar-refractivity contribution is 5.40. The van der Waals surface area contributed by atoms with E-state index in [1.54, 1.807) is 10.6 Å². The fourth-order valence-corrected chi connectivity index (χ4v) is 2.67. The Bertz CT molecular complexity index is 609. The fraction of sp³-hybridized carbons (Fsp3) is 0.312. The minimum Gasteiger partial charge on any atom is -0.281 e. The van der Waals surface area contributed by atoms with Gasteiger partial charge in [-0.25, -0.2) is 0 Å². The molecule has 0 spiro atoms. The molecular weight excluding hydrogens is 222 g/mol. The molecule has 1 aromatic carbocycles. The molecule has 18 heavy (non-hydrogen) atoms. The second-order valence-electron chi connectivity index (χ2n) is 4.99. The van der Waals surface area contributed by atoms with E-state index in [1.807, 2.05) is 44.2 Å². The van der Waals surface area contributed by atoms with Crippen LogP contribution in [-0.2, 0) is 0 Å². The SMILES string of the molecule is Cc1cc(=O)n(-c2ccccc2)c(C)c1C(C)C. The van der Waals surface area contributed by atoms with Crippen molar-refractivity contribution < 1.29 is 0 Å². The van der Waals surface area contributed by atoms with E-state index in [9.17, 15) is 4.79 Å². The second-order valence-corrected chi connectivity index (χ2v) is 4.99. The van der Waals surface area contributed by atoms with Crippen LogP contribution in [0, 0.1) is 13.8 Å². The second kappa shape index (κ2) is 4.81. The molecule has 1 aromatic heterocycles. The molecule has 0 radical (unpaired) electrons. The third-order valence-electron chi connectivity index (χ3n) is 3.30. The smallest absolute Gasteiger partial charge is 0.255 e. The highest BCUT2D eigenvalue weighted by Gasteiger charge is 2.13. The molecule has 2 rings (SSSR count). The molecule has 0 saturated carbocycles. The van der Waals surface area contributed by atoms with Crippen molar-refractivity contribution in [1.29, 1.82) is 0 Å². The summed E-state index contributed by atoms with van der Waals surface area (Å²) in [5.41, 5.74) is 4.36. The maximum Gasteiger partial charge on any atom is 0.255 e. The Morgan fingerprint density at radius 3 is 2.22 bits per heavy atom. The molecule has 0 bridgehead atoms. The Hall–Kier alpha value is -1.83. The lowest BCUT2D eigenvalue weighted by Crippen LogP contribution is -2.22. The fourth-order valence-electron chi connectivity index (χ4n) is 2.67. The van der Waals surface area contributed by atoms with Crippen molar-refractivity contribution in [3.05, 3.63) is 63.6 Å². The van der Waals surface area contributed by atoms with Gasteiger partial charge in [0.25, 0.3) is 5.56 Å². The summed E-state index contributed by atoms with van der Waals surface area (Å²) in [4.78, 5) is 12.2. The largest absolute Gasteiger partial charge is 0.281 e. The molecule has 0 aliphatic rings. The normalized spacial score (nSPS) is 10.9. The summed E-state index contributed by atoms with van der Waals surface area (Å²) in [5.74, 6) is 0.417. The number of nitrogens with zero attached hydrogens (tertiary/aromatic N) is 1. The predicted octanol–water partition coefficient (Wildman–Crippen LogP) is 3.58. The maximum atomic E-state index is 12.2. The topological polar surface area (TPSA) is 22.0 Å². The Balaban J connectivity index is 2.77. The molecule has 0 fully saturated rings. The maximum absolute atomic E-state index is 12.2. The molecule has 0 aliphatic heterocycles. The first-order chi connectivity index (χ1) is 8.52. The van der Waals surface area contributed by atoms with Gasteiger partial charge in [-0.3, -0.25) is 9.36 Å². The van der Waals surface area contributed by atoms with E-state index in [1.165, 1.54) is 5.56 Å². The third kappa shape index (κ3) is 2.10. The highest BCUT2D eigenvalue weighted by Crippen LogP contribution is 2.23. The van der Waals surface area contributed by atoms with E-state index in [2.05, 4.69) is 13.8 Å². The molecule has 0 saturated heterocycles. The molecule has 2 aromatic rings. The van der Waals surface area contributed by atoms with Gasteiger partial charge in [-0.15, -0.1) is 0 Å². The van der Waals surface area contributed by atoms with E-state index in [0.717, 1.165) is 16.9 Å². The molecule has 0 amide bonds. The molecule has 0 aliphatic carbocycles. The van der Waals surface area contributed by atoms with Gasteiger partial charge in [0.15, 0.2) is 0 Å². The number of rotatable bonds is 2. The summed E-state index contributed by atoms with van der Waals surface area (Å²) in [6.07, 6.45) is 0. The summed E-state index contributed by atoms with van der Waals surface area (Å²) < 4.78 is 1.79. The van der Waals surface area contributed by atoms with Crippen LogP contribution in [0.1, 0.15) is 36.6 Å². The third-order valence-corrected chi connectivity index (χ3v) is 3.30. The Morgan fingerprint density at radius 1 is 1.06 bits per heavy atom. The zero-order valence-corrected chi connectivity index (χ0v) is 11.4.